The van der Waals surface area contributed by atoms with Crippen molar-refractivity contribution in [3.8, 4) is 0 Å². The molecule has 0 atom stereocenters. The van der Waals surface area contributed by atoms with E-state index in [1.807, 2.05) is 0 Å². The fraction of sp³-hybridized carbons (Fsp3) is 0. The first kappa shape index (κ1) is 12.6. The standard InChI is InChI=1S/C11H10N2O3S2/c12-11(14)8-3-1-4-9(7-8)13-18(15,16)10-5-2-6-17-10/h1-7,13H,(H2,12,14). The van der Waals surface area contributed by atoms with Gasteiger partial charge in [-0.2, -0.15) is 0 Å². The smallest absolute Gasteiger partial charge is 0.271 e. The molecule has 1 aromatic heterocycles. The van der Waals surface area contributed by atoms with Gasteiger partial charge in [-0.3, -0.25) is 9.52 Å². The van der Waals surface area contributed by atoms with Crippen LogP contribution in [0.1, 0.15) is 10.4 Å². The Hall–Kier alpha value is -1.86. The Labute approximate surface area is 108 Å². The van der Waals surface area contributed by atoms with Crippen molar-refractivity contribution < 1.29 is 13.2 Å². The summed E-state index contributed by atoms with van der Waals surface area (Å²) in [4.78, 5) is 11.0. The van der Waals surface area contributed by atoms with E-state index in [9.17, 15) is 13.2 Å². The Morgan fingerprint density at radius 3 is 2.61 bits per heavy atom. The highest BCUT2D eigenvalue weighted by Gasteiger charge is 2.15. The maximum atomic E-state index is 11.9. The van der Waals surface area contributed by atoms with E-state index >= 15 is 0 Å². The summed E-state index contributed by atoms with van der Waals surface area (Å²) in [5, 5.41) is 1.67. The summed E-state index contributed by atoms with van der Waals surface area (Å²) in [6.45, 7) is 0. The number of anilines is 1. The minimum Gasteiger partial charge on any atom is -0.366 e. The van der Waals surface area contributed by atoms with Crippen LogP contribution in [-0.2, 0) is 10.0 Å². The largest absolute Gasteiger partial charge is 0.366 e. The molecule has 0 radical (unpaired) electrons. The van der Waals surface area contributed by atoms with Gasteiger partial charge in [0.15, 0.2) is 0 Å². The van der Waals surface area contributed by atoms with Crippen LogP contribution in [0.3, 0.4) is 0 Å². The minimum absolute atomic E-state index is 0.215. The van der Waals surface area contributed by atoms with Crippen molar-refractivity contribution in [2.75, 3.05) is 4.72 Å². The van der Waals surface area contributed by atoms with Crippen LogP contribution in [-0.4, -0.2) is 14.3 Å². The Morgan fingerprint density at radius 2 is 2.00 bits per heavy atom. The molecule has 94 valence electrons. The second kappa shape index (κ2) is 4.79. The summed E-state index contributed by atoms with van der Waals surface area (Å²) in [5.74, 6) is -0.604. The highest BCUT2D eigenvalue weighted by atomic mass is 32.2. The summed E-state index contributed by atoms with van der Waals surface area (Å²) in [7, 11) is -3.60. The number of hydrogen-bond acceptors (Lipinski definition) is 4. The molecule has 0 aliphatic rings. The van der Waals surface area contributed by atoms with Crippen LogP contribution in [0, 0.1) is 0 Å². The first-order chi connectivity index (χ1) is 8.49. The molecule has 0 unspecified atom stereocenters. The van der Waals surface area contributed by atoms with Gasteiger partial charge in [-0.15, -0.1) is 11.3 Å². The first-order valence-corrected chi connectivity index (χ1v) is 7.31. The maximum absolute atomic E-state index is 11.9. The highest BCUT2D eigenvalue weighted by molar-refractivity contribution is 7.94. The first-order valence-electron chi connectivity index (χ1n) is 4.95. The molecule has 2 aromatic rings. The van der Waals surface area contributed by atoms with Crippen LogP contribution in [0.2, 0.25) is 0 Å². The zero-order valence-corrected chi connectivity index (χ0v) is 10.8. The van der Waals surface area contributed by atoms with Crippen molar-refractivity contribution >= 4 is 33.0 Å². The van der Waals surface area contributed by atoms with Gasteiger partial charge in [-0.1, -0.05) is 12.1 Å². The van der Waals surface area contributed by atoms with Crippen LogP contribution >= 0.6 is 11.3 Å². The van der Waals surface area contributed by atoms with Gasteiger partial charge in [-0.05, 0) is 29.6 Å². The van der Waals surface area contributed by atoms with Gasteiger partial charge >= 0.3 is 0 Å². The lowest BCUT2D eigenvalue weighted by Gasteiger charge is -2.06. The van der Waals surface area contributed by atoms with E-state index in [2.05, 4.69) is 4.72 Å². The molecular weight excluding hydrogens is 272 g/mol. The predicted octanol–water partition coefficient (Wildman–Crippen LogP) is 1.65. The second-order valence-electron chi connectivity index (χ2n) is 3.48. The van der Waals surface area contributed by atoms with Gasteiger partial charge in [0.05, 0.1) is 0 Å². The van der Waals surface area contributed by atoms with Crippen LogP contribution in [0.4, 0.5) is 5.69 Å². The molecule has 0 bridgehead atoms. The van der Waals surface area contributed by atoms with E-state index in [-0.39, 0.29) is 9.77 Å². The molecule has 1 amide bonds. The lowest BCUT2D eigenvalue weighted by Crippen LogP contribution is -2.14. The van der Waals surface area contributed by atoms with Crippen LogP contribution in [0.15, 0.2) is 46.0 Å². The summed E-state index contributed by atoms with van der Waals surface area (Å²) >= 11 is 1.12. The molecule has 0 spiro atoms. The molecule has 1 aromatic carbocycles. The molecule has 18 heavy (non-hydrogen) atoms. The normalized spacial score (nSPS) is 11.1. The molecular formula is C11H10N2O3S2. The van der Waals surface area contributed by atoms with Gasteiger partial charge < -0.3 is 5.73 Å². The number of primary amides is 1. The summed E-state index contributed by atoms with van der Waals surface area (Å²) in [5.41, 5.74) is 5.68. The lowest BCUT2D eigenvalue weighted by atomic mass is 10.2. The maximum Gasteiger partial charge on any atom is 0.271 e. The van der Waals surface area contributed by atoms with Crippen LogP contribution in [0.25, 0.3) is 0 Å². The van der Waals surface area contributed by atoms with E-state index < -0.39 is 15.9 Å². The van der Waals surface area contributed by atoms with E-state index in [1.165, 1.54) is 18.2 Å². The number of thiophene rings is 1. The predicted molar refractivity (Wildman–Crippen MR) is 70.1 cm³/mol. The van der Waals surface area contributed by atoms with Crippen molar-refractivity contribution in [2.45, 2.75) is 4.21 Å². The fourth-order valence-electron chi connectivity index (χ4n) is 1.36. The van der Waals surface area contributed by atoms with Crippen molar-refractivity contribution in [1.82, 2.24) is 0 Å². The van der Waals surface area contributed by atoms with E-state index in [1.54, 1.807) is 23.6 Å². The van der Waals surface area contributed by atoms with Crippen LogP contribution in [0.5, 0.6) is 0 Å². The average Bonchev–Trinajstić information content (AvgIpc) is 2.82. The Morgan fingerprint density at radius 1 is 1.22 bits per heavy atom. The van der Waals surface area contributed by atoms with Gasteiger partial charge in [0.1, 0.15) is 4.21 Å². The number of carbonyl (C=O) groups is 1. The quantitative estimate of drug-likeness (QED) is 0.893. The van der Waals surface area contributed by atoms with E-state index in [4.69, 9.17) is 5.73 Å². The number of amides is 1. The highest BCUT2D eigenvalue weighted by Crippen LogP contribution is 2.20. The summed E-state index contributed by atoms with van der Waals surface area (Å²) in [6.07, 6.45) is 0. The Kier molecular flexibility index (Phi) is 3.35. The average molecular weight is 282 g/mol. The molecule has 0 aliphatic carbocycles. The molecule has 0 saturated carbocycles. The molecule has 0 aliphatic heterocycles. The molecule has 0 fully saturated rings. The van der Waals surface area contributed by atoms with Gasteiger partial charge in [0, 0.05) is 11.3 Å². The number of nitrogens with one attached hydrogen (secondary N) is 1. The molecule has 5 nitrogen and oxygen atoms in total. The van der Waals surface area contributed by atoms with Gasteiger partial charge in [0.2, 0.25) is 5.91 Å². The number of benzene rings is 1. The molecule has 7 heteroatoms. The third-order valence-corrected chi connectivity index (χ3v) is 4.94. The zero-order chi connectivity index (χ0) is 13.2. The summed E-state index contributed by atoms with van der Waals surface area (Å²) < 4.78 is 26.5. The van der Waals surface area contributed by atoms with Crippen LogP contribution < -0.4 is 10.5 Å². The van der Waals surface area contributed by atoms with Gasteiger partial charge in [-0.25, -0.2) is 8.42 Å². The minimum atomic E-state index is -3.60. The number of hydrogen-bond donors (Lipinski definition) is 2. The topological polar surface area (TPSA) is 89.3 Å². The lowest BCUT2D eigenvalue weighted by molar-refractivity contribution is 0.100. The second-order valence-corrected chi connectivity index (χ2v) is 6.34. The van der Waals surface area contributed by atoms with E-state index in [0.29, 0.717) is 5.69 Å². The molecule has 2 rings (SSSR count). The van der Waals surface area contributed by atoms with Gasteiger partial charge in [0.25, 0.3) is 10.0 Å². The number of rotatable bonds is 4. The number of sulfonamides is 1. The molecule has 1 heterocycles. The van der Waals surface area contributed by atoms with Crippen molar-refractivity contribution in [3.63, 3.8) is 0 Å². The summed E-state index contributed by atoms with van der Waals surface area (Å²) in [6, 6.07) is 9.19. The third-order valence-electron chi connectivity index (χ3n) is 2.16. The Balaban J connectivity index is 2.30. The SMILES string of the molecule is NC(=O)c1cccc(NS(=O)(=O)c2cccs2)c1. The number of nitrogens with two attached hydrogens (primary N) is 1. The fourth-order valence-corrected chi connectivity index (χ4v) is 3.40. The third kappa shape index (κ3) is 2.69. The van der Waals surface area contributed by atoms with Crippen molar-refractivity contribution in [2.24, 2.45) is 5.73 Å². The van der Waals surface area contributed by atoms with Crippen molar-refractivity contribution in [1.29, 1.82) is 0 Å². The zero-order valence-electron chi connectivity index (χ0n) is 9.16. The number of carbonyl (C=O) groups excluding carboxylic acids is 1. The molecule has 3 N–H and O–H groups in total. The molecule has 0 saturated heterocycles. The Bertz CT molecular complexity index is 663. The van der Waals surface area contributed by atoms with Crippen molar-refractivity contribution in [3.05, 3.63) is 47.3 Å². The van der Waals surface area contributed by atoms with E-state index in [0.717, 1.165) is 11.3 Å². The monoisotopic (exact) mass is 282 g/mol.